The molecule has 0 amide bonds. The van der Waals surface area contributed by atoms with Crippen molar-refractivity contribution in [3.8, 4) is 0 Å². The number of rotatable bonds is 2. The van der Waals surface area contributed by atoms with Crippen LogP contribution in [0.2, 0.25) is 0 Å². The first-order valence-electron chi connectivity index (χ1n) is 4.77. The summed E-state index contributed by atoms with van der Waals surface area (Å²) in [5.41, 5.74) is 1.79. The Hall–Kier alpha value is -1.43. The van der Waals surface area contributed by atoms with Crippen molar-refractivity contribution in [2.75, 3.05) is 0 Å². The zero-order chi connectivity index (χ0) is 11.9. The maximum absolute atomic E-state index is 10.8. The number of nitrogens with zero attached hydrogens (tertiary/aromatic N) is 3. The van der Waals surface area contributed by atoms with Gasteiger partial charge in [0.2, 0.25) is 0 Å². The molecular formula is C10H10BrN3O2. The number of carboxylic acid groups (broad SMARTS) is 1. The lowest BCUT2D eigenvalue weighted by Gasteiger charge is -2.02. The van der Waals surface area contributed by atoms with E-state index in [0.717, 1.165) is 5.56 Å². The van der Waals surface area contributed by atoms with Crippen LogP contribution in [-0.2, 0) is 0 Å². The van der Waals surface area contributed by atoms with Crippen LogP contribution in [0.4, 0.5) is 0 Å². The second kappa shape index (κ2) is 3.86. The molecule has 0 aliphatic heterocycles. The van der Waals surface area contributed by atoms with Crippen LogP contribution in [0.5, 0.6) is 0 Å². The lowest BCUT2D eigenvalue weighted by molar-refractivity contribution is 0.0695. The molecule has 0 radical (unpaired) electrons. The largest absolute Gasteiger partial charge is 0.478 e. The number of aromatic nitrogens is 3. The first-order valence-corrected chi connectivity index (χ1v) is 5.57. The molecule has 0 bridgehead atoms. The fourth-order valence-corrected chi connectivity index (χ4v) is 2.34. The molecule has 0 atom stereocenters. The molecule has 0 aliphatic rings. The van der Waals surface area contributed by atoms with Crippen molar-refractivity contribution >= 4 is 27.5 Å². The monoisotopic (exact) mass is 283 g/mol. The molecule has 0 fully saturated rings. The van der Waals surface area contributed by atoms with Crippen LogP contribution in [0.15, 0.2) is 17.0 Å². The summed E-state index contributed by atoms with van der Waals surface area (Å²) in [4.78, 5) is 14.9. The smallest absolute Gasteiger partial charge is 0.338 e. The molecule has 0 aromatic carbocycles. The van der Waals surface area contributed by atoms with Gasteiger partial charge in [-0.15, -0.1) is 0 Å². The third kappa shape index (κ3) is 1.69. The number of halogens is 1. The molecule has 84 valence electrons. The highest BCUT2D eigenvalue weighted by Gasteiger charge is 2.16. The van der Waals surface area contributed by atoms with E-state index in [-0.39, 0.29) is 11.5 Å². The number of fused-ring (bicyclic) bond motifs is 1. The van der Waals surface area contributed by atoms with E-state index in [0.29, 0.717) is 10.3 Å². The highest BCUT2D eigenvalue weighted by atomic mass is 79.9. The zero-order valence-electron chi connectivity index (χ0n) is 8.81. The summed E-state index contributed by atoms with van der Waals surface area (Å²) in [5.74, 6) is -0.734. The Kier molecular flexibility index (Phi) is 2.67. The van der Waals surface area contributed by atoms with Crippen LogP contribution in [0.25, 0.3) is 5.65 Å². The van der Waals surface area contributed by atoms with Gasteiger partial charge in [0, 0.05) is 18.0 Å². The number of aromatic carboxylic acids is 1. The molecule has 1 N–H and O–H groups in total. The first kappa shape index (κ1) is 11.1. The Bertz CT molecular complexity index is 562. The van der Waals surface area contributed by atoms with Gasteiger partial charge in [-0.05, 0) is 21.8 Å². The molecule has 16 heavy (non-hydrogen) atoms. The minimum Gasteiger partial charge on any atom is -0.478 e. The third-order valence-electron chi connectivity index (χ3n) is 2.29. The second-order valence-electron chi connectivity index (χ2n) is 3.78. The van der Waals surface area contributed by atoms with Gasteiger partial charge in [-0.2, -0.15) is 5.10 Å². The van der Waals surface area contributed by atoms with Crippen molar-refractivity contribution in [2.24, 2.45) is 0 Å². The first-order chi connectivity index (χ1) is 7.50. The molecule has 0 saturated carbocycles. The Balaban J connectivity index is 2.70. The molecule has 0 unspecified atom stereocenters. The summed E-state index contributed by atoms with van der Waals surface area (Å²) >= 11 is 3.35. The average Bonchev–Trinajstić information content (AvgIpc) is 2.51. The van der Waals surface area contributed by atoms with Gasteiger partial charge in [-0.25, -0.2) is 14.3 Å². The fraction of sp³-hybridized carbons (Fsp3) is 0.300. The minimum atomic E-state index is -1.01. The topological polar surface area (TPSA) is 67.5 Å². The summed E-state index contributed by atoms with van der Waals surface area (Å²) < 4.78 is 2.20. The van der Waals surface area contributed by atoms with Crippen LogP contribution in [0.1, 0.15) is 35.7 Å². The van der Waals surface area contributed by atoms with Gasteiger partial charge in [-0.1, -0.05) is 13.8 Å². The Morgan fingerprint density at radius 2 is 2.25 bits per heavy atom. The minimum absolute atomic E-state index is 0.123. The molecule has 0 spiro atoms. The van der Waals surface area contributed by atoms with Crippen molar-refractivity contribution in [3.05, 3.63) is 28.1 Å². The predicted octanol–water partition coefficient (Wildman–Crippen LogP) is 2.31. The van der Waals surface area contributed by atoms with Crippen LogP contribution in [-0.4, -0.2) is 25.7 Å². The van der Waals surface area contributed by atoms with Gasteiger partial charge in [0.05, 0.1) is 5.56 Å². The molecule has 0 saturated heterocycles. The molecule has 0 aliphatic carbocycles. The Labute approximate surface area is 100 Å². The maximum atomic E-state index is 10.8. The molecule has 6 heteroatoms. The van der Waals surface area contributed by atoms with Crippen LogP contribution in [0.3, 0.4) is 0 Å². The number of hydrogen-bond acceptors (Lipinski definition) is 3. The van der Waals surface area contributed by atoms with Gasteiger partial charge >= 0.3 is 5.97 Å². The summed E-state index contributed by atoms with van der Waals surface area (Å²) in [6.45, 7) is 4.07. The molecular weight excluding hydrogens is 274 g/mol. The lowest BCUT2D eigenvalue weighted by atomic mass is 10.1. The number of carbonyl (C=O) groups is 1. The standard InChI is InChI=1S/C10H10BrN3O2/c1-5(2)7-8(11)13-14-4-6(10(15)16)3-12-9(7)14/h3-5H,1-2H3,(H,15,16). The maximum Gasteiger partial charge on any atom is 0.338 e. The van der Waals surface area contributed by atoms with E-state index >= 15 is 0 Å². The quantitative estimate of drug-likeness (QED) is 0.918. The van der Waals surface area contributed by atoms with Crippen molar-refractivity contribution in [1.82, 2.24) is 14.6 Å². The SMILES string of the molecule is CC(C)c1c(Br)nn2cc(C(=O)O)cnc12. The molecule has 2 aromatic rings. The zero-order valence-corrected chi connectivity index (χ0v) is 10.4. The molecule has 5 nitrogen and oxygen atoms in total. The van der Waals surface area contributed by atoms with Gasteiger partial charge in [-0.3, -0.25) is 0 Å². The average molecular weight is 284 g/mol. The van der Waals surface area contributed by atoms with Gasteiger partial charge < -0.3 is 5.11 Å². The van der Waals surface area contributed by atoms with Gasteiger partial charge in [0.25, 0.3) is 0 Å². The third-order valence-corrected chi connectivity index (χ3v) is 2.87. The van der Waals surface area contributed by atoms with E-state index in [1.165, 1.54) is 16.9 Å². The fourth-order valence-electron chi connectivity index (χ4n) is 1.53. The van der Waals surface area contributed by atoms with Crippen LogP contribution in [0, 0.1) is 0 Å². The van der Waals surface area contributed by atoms with Crippen LogP contribution >= 0.6 is 15.9 Å². The Morgan fingerprint density at radius 3 is 2.81 bits per heavy atom. The van der Waals surface area contributed by atoms with E-state index in [1.54, 1.807) is 0 Å². The highest BCUT2D eigenvalue weighted by Crippen LogP contribution is 2.27. The highest BCUT2D eigenvalue weighted by molar-refractivity contribution is 9.10. The van der Waals surface area contributed by atoms with Crippen molar-refractivity contribution in [1.29, 1.82) is 0 Å². The van der Waals surface area contributed by atoms with E-state index in [1.807, 2.05) is 13.8 Å². The van der Waals surface area contributed by atoms with E-state index in [4.69, 9.17) is 5.11 Å². The summed E-state index contributed by atoms with van der Waals surface area (Å²) in [5, 5.41) is 13.0. The lowest BCUT2D eigenvalue weighted by Crippen LogP contribution is -2.01. The Morgan fingerprint density at radius 1 is 1.56 bits per heavy atom. The summed E-state index contributed by atoms with van der Waals surface area (Å²) in [7, 11) is 0. The summed E-state index contributed by atoms with van der Waals surface area (Å²) in [6.07, 6.45) is 2.80. The summed E-state index contributed by atoms with van der Waals surface area (Å²) in [6, 6.07) is 0. The van der Waals surface area contributed by atoms with Gasteiger partial charge in [0.15, 0.2) is 5.65 Å². The predicted molar refractivity (Wildman–Crippen MR) is 61.7 cm³/mol. The van der Waals surface area contributed by atoms with Crippen LogP contribution < -0.4 is 0 Å². The second-order valence-corrected chi connectivity index (χ2v) is 4.53. The van der Waals surface area contributed by atoms with Gasteiger partial charge in [0.1, 0.15) is 4.60 Å². The molecule has 2 heterocycles. The molecule has 2 rings (SSSR count). The number of hydrogen-bond donors (Lipinski definition) is 1. The normalized spacial score (nSPS) is 11.2. The van der Waals surface area contributed by atoms with Crippen molar-refractivity contribution in [2.45, 2.75) is 19.8 Å². The van der Waals surface area contributed by atoms with E-state index in [2.05, 4.69) is 26.0 Å². The van der Waals surface area contributed by atoms with E-state index < -0.39 is 5.97 Å². The number of carboxylic acids is 1. The van der Waals surface area contributed by atoms with E-state index in [9.17, 15) is 4.79 Å². The van der Waals surface area contributed by atoms with Crippen molar-refractivity contribution in [3.63, 3.8) is 0 Å². The van der Waals surface area contributed by atoms with Crippen molar-refractivity contribution < 1.29 is 9.90 Å². The molecule has 2 aromatic heterocycles.